The van der Waals surface area contributed by atoms with E-state index in [0.717, 1.165) is 11.8 Å². The molecule has 2 unspecified atom stereocenters. The van der Waals surface area contributed by atoms with Crippen molar-refractivity contribution in [2.45, 2.75) is 67.2 Å². The molecule has 0 amide bonds. The molecule has 0 radical (unpaired) electrons. The molecule has 0 bridgehead atoms. The van der Waals surface area contributed by atoms with Crippen LogP contribution in [-0.2, 0) is 0 Å². The van der Waals surface area contributed by atoms with Crippen LogP contribution in [-0.4, -0.2) is 13.1 Å². The first-order valence-electron chi connectivity index (χ1n) is 7.41. The van der Waals surface area contributed by atoms with Gasteiger partial charge in [-0.1, -0.05) is 54.4 Å². The summed E-state index contributed by atoms with van der Waals surface area (Å²) in [6.45, 7) is 15.4. The van der Waals surface area contributed by atoms with E-state index in [9.17, 15) is 0 Å². The second kappa shape index (κ2) is 8.11. The molecule has 16 heavy (non-hydrogen) atoms. The molecule has 0 spiro atoms. The lowest BCUT2D eigenvalue weighted by Gasteiger charge is -2.47. The molecule has 98 valence electrons. The molecule has 1 N–H and O–H groups in total. The van der Waals surface area contributed by atoms with Crippen LogP contribution >= 0.6 is 0 Å². The highest BCUT2D eigenvalue weighted by Gasteiger charge is 2.39. The van der Waals surface area contributed by atoms with E-state index in [4.69, 9.17) is 0 Å². The molecule has 2 aliphatic rings. The Labute approximate surface area is 103 Å². The summed E-state index contributed by atoms with van der Waals surface area (Å²) in [5.74, 6) is 2.00. The number of rotatable bonds is 0. The van der Waals surface area contributed by atoms with E-state index in [0.29, 0.717) is 5.41 Å². The van der Waals surface area contributed by atoms with Gasteiger partial charge in [0.15, 0.2) is 0 Å². The number of hydrogen-bond acceptors (Lipinski definition) is 1. The third kappa shape index (κ3) is 4.08. The maximum Gasteiger partial charge on any atom is 0.000540 e. The van der Waals surface area contributed by atoms with Crippen molar-refractivity contribution in [1.29, 1.82) is 0 Å². The zero-order chi connectivity index (χ0) is 12.6. The summed E-state index contributed by atoms with van der Waals surface area (Å²) in [7, 11) is 0. The lowest BCUT2D eigenvalue weighted by Crippen LogP contribution is -2.49. The minimum absolute atomic E-state index is 0.559. The third-order valence-electron chi connectivity index (χ3n) is 3.90. The fourth-order valence-corrected chi connectivity index (χ4v) is 3.19. The summed E-state index contributed by atoms with van der Waals surface area (Å²) in [5, 5.41) is 3.57. The molecule has 0 aromatic rings. The Morgan fingerprint density at radius 3 is 2.06 bits per heavy atom. The largest absolute Gasteiger partial charge is 0.316 e. The summed E-state index contributed by atoms with van der Waals surface area (Å²) >= 11 is 0. The summed E-state index contributed by atoms with van der Waals surface area (Å²) < 4.78 is 0. The van der Waals surface area contributed by atoms with Gasteiger partial charge in [-0.2, -0.15) is 0 Å². The predicted octanol–water partition coefficient (Wildman–Crippen LogP) is 4.47. The van der Waals surface area contributed by atoms with E-state index < -0.39 is 0 Å². The van der Waals surface area contributed by atoms with Crippen molar-refractivity contribution < 1.29 is 0 Å². The van der Waals surface area contributed by atoms with Gasteiger partial charge in [0.1, 0.15) is 0 Å². The Balaban J connectivity index is 0.000000509. The Kier molecular flexibility index (Phi) is 8.09. The van der Waals surface area contributed by atoms with Crippen molar-refractivity contribution in [3.8, 4) is 0 Å². The minimum atomic E-state index is 0.559. The van der Waals surface area contributed by atoms with Crippen molar-refractivity contribution >= 4 is 0 Å². The van der Waals surface area contributed by atoms with Crippen LogP contribution in [0.25, 0.3) is 0 Å². The van der Waals surface area contributed by atoms with E-state index in [1.807, 2.05) is 27.7 Å². The zero-order valence-electron chi connectivity index (χ0n) is 12.4. The summed E-state index contributed by atoms with van der Waals surface area (Å²) in [6.07, 6.45) is 5.91. The van der Waals surface area contributed by atoms with E-state index >= 15 is 0 Å². The molecular weight excluding hydrogens is 194 g/mol. The molecule has 2 atom stereocenters. The molecule has 1 heterocycles. The minimum Gasteiger partial charge on any atom is -0.316 e. The average molecular weight is 227 g/mol. The van der Waals surface area contributed by atoms with Gasteiger partial charge in [0.25, 0.3) is 0 Å². The lowest BCUT2D eigenvalue weighted by atomic mass is 9.63. The summed E-state index contributed by atoms with van der Waals surface area (Å²) in [4.78, 5) is 0. The Morgan fingerprint density at radius 1 is 0.938 bits per heavy atom. The summed E-state index contributed by atoms with van der Waals surface area (Å²) in [6, 6.07) is 0. The van der Waals surface area contributed by atoms with E-state index in [2.05, 4.69) is 19.2 Å². The molecule has 1 heteroatoms. The number of fused-ring (bicyclic) bond motifs is 1. The Bertz CT molecular complexity index is 161. The zero-order valence-corrected chi connectivity index (χ0v) is 12.4. The topological polar surface area (TPSA) is 12.0 Å². The van der Waals surface area contributed by atoms with E-state index in [1.54, 1.807) is 0 Å². The highest BCUT2D eigenvalue weighted by Crippen LogP contribution is 2.43. The second-order valence-corrected chi connectivity index (χ2v) is 5.27. The molecule has 2 rings (SSSR count). The predicted molar refractivity (Wildman–Crippen MR) is 74.8 cm³/mol. The molecule has 1 aliphatic carbocycles. The van der Waals surface area contributed by atoms with Crippen molar-refractivity contribution in [3.63, 3.8) is 0 Å². The van der Waals surface area contributed by atoms with Gasteiger partial charge in [0, 0.05) is 6.54 Å². The monoisotopic (exact) mass is 227 g/mol. The average Bonchev–Trinajstić information content (AvgIpc) is 2.34. The van der Waals surface area contributed by atoms with Gasteiger partial charge >= 0.3 is 0 Å². The first kappa shape index (κ1) is 16.0. The standard InChI is InChI=1S/C11H21N.2C2H6/c1-11(2)8-12-7-9-5-3-4-6-10(9)11;2*1-2/h9-10,12H,3-8H2,1-2H3;2*1-2H3. The molecule has 1 saturated carbocycles. The van der Waals surface area contributed by atoms with Gasteiger partial charge in [-0.25, -0.2) is 0 Å². The number of nitrogens with one attached hydrogen (secondary N) is 1. The van der Waals surface area contributed by atoms with Crippen molar-refractivity contribution in [2.75, 3.05) is 13.1 Å². The van der Waals surface area contributed by atoms with Crippen LogP contribution in [0, 0.1) is 17.3 Å². The first-order chi connectivity index (χ1) is 7.70. The van der Waals surface area contributed by atoms with Crippen molar-refractivity contribution in [3.05, 3.63) is 0 Å². The fraction of sp³-hybridized carbons (Fsp3) is 1.00. The maximum absolute atomic E-state index is 3.57. The third-order valence-corrected chi connectivity index (χ3v) is 3.90. The SMILES string of the molecule is CC.CC.CC1(C)CNCC2CCCCC21. The normalized spacial score (nSPS) is 31.1. The van der Waals surface area contributed by atoms with Crippen LogP contribution in [0.3, 0.4) is 0 Å². The summed E-state index contributed by atoms with van der Waals surface area (Å²) in [5.41, 5.74) is 0.559. The Morgan fingerprint density at radius 2 is 1.50 bits per heavy atom. The fourth-order valence-electron chi connectivity index (χ4n) is 3.19. The van der Waals surface area contributed by atoms with E-state index in [-0.39, 0.29) is 0 Å². The lowest BCUT2D eigenvalue weighted by molar-refractivity contribution is 0.0559. The van der Waals surface area contributed by atoms with Gasteiger partial charge in [0.05, 0.1) is 0 Å². The molecule has 1 saturated heterocycles. The van der Waals surface area contributed by atoms with Crippen LogP contribution in [0.1, 0.15) is 67.2 Å². The second-order valence-electron chi connectivity index (χ2n) is 5.27. The highest BCUT2D eigenvalue weighted by atomic mass is 14.9. The quantitative estimate of drug-likeness (QED) is 0.643. The van der Waals surface area contributed by atoms with Gasteiger partial charge in [-0.3, -0.25) is 0 Å². The van der Waals surface area contributed by atoms with Crippen molar-refractivity contribution in [2.24, 2.45) is 17.3 Å². The van der Waals surface area contributed by atoms with Crippen LogP contribution in [0.15, 0.2) is 0 Å². The molecular formula is C15H33N. The van der Waals surface area contributed by atoms with Gasteiger partial charge < -0.3 is 5.32 Å². The van der Waals surface area contributed by atoms with Gasteiger partial charge in [-0.05, 0) is 36.6 Å². The smallest absolute Gasteiger partial charge is 0.000540 e. The van der Waals surface area contributed by atoms with Gasteiger partial charge in [0.2, 0.25) is 0 Å². The number of piperidine rings is 1. The molecule has 2 fully saturated rings. The van der Waals surface area contributed by atoms with Crippen molar-refractivity contribution in [1.82, 2.24) is 5.32 Å². The highest BCUT2D eigenvalue weighted by molar-refractivity contribution is 4.92. The van der Waals surface area contributed by atoms with Crippen LogP contribution < -0.4 is 5.32 Å². The van der Waals surface area contributed by atoms with Crippen LogP contribution in [0.2, 0.25) is 0 Å². The molecule has 1 aliphatic heterocycles. The van der Waals surface area contributed by atoms with E-state index in [1.165, 1.54) is 38.8 Å². The van der Waals surface area contributed by atoms with Crippen LogP contribution in [0.5, 0.6) is 0 Å². The molecule has 1 nitrogen and oxygen atoms in total. The first-order valence-corrected chi connectivity index (χ1v) is 7.41. The Hall–Kier alpha value is -0.0400. The molecule has 0 aromatic carbocycles. The van der Waals surface area contributed by atoms with Gasteiger partial charge in [-0.15, -0.1) is 0 Å². The maximum atomic E-state index is 3.57. The van der Waals surface area contributed by atoms with Crippen LogP contribution in [0.4, 0.5) is 0 Å². The number of hydrogen-bond donors (Lipinski definition) is 1. The molecule has 0 aromatic heterocycles.